The van der Waals surface area contributed by atoms with Crippen LogP contribution in [-0.4, -0.2) is 26.8 Å². The molecule has 1 aliphatic rings. The summed E-state index contributed by atoms with van der Waals surface area (Å²) in [6, 6.07) is 0. The highest BCUT2D eigenvalue weighted by Gasteiger charge is 2.23. The van der Waals surface area contributed by atoms with Crippen LogP contribution >= 0.6 is 0 Å². The van der Waals surface area contributed by atoms with Gasteiger partial charge in [-0.3, -0.25) is 0 Å². The summed E-state index contributed by atoms with van der Waals surface area (Å²) in [5, 5.41) is -0.441. The van der Waals surface area contributed by atoms with Crippen molar-refractivity contribution in [3.8, 4) is 0 Å². The third-order valence-corrected chi connectivity index (χ3v) is 6.16. The van der Waals surface area contributed by atoms with E-state index >= 15 is 0 Å². The lowest BCUT2D eigenvalue weighted by atomic mass is 9.81. The molecule has 1 aliphatic carbocycles. The quantitative estimate of drug-likeness (QED) is 0.745. The second-order valence-electron chi connectivity index (χ2n) is 5.62. The summed E-state index contributed by atoms with van der Waals surface area (Å²) in [4.78, 5) is 0. The molecule has 18 heavy (non-hydrogen) atoms. The van der Waals surface area contributed by atoms with Crippen LogP contribution in [-0.2, 0) is 10.0 Å². The number of rotatable bonds is 7. The number of nitrogens with two attached hydrogens (primary N) is 1. The molecule has 0 aliphatic heterocycles. The Morgan fingerprint density at radius 1 is 1.28 bits per heavy atom. The van der Waals surface area contributed by atoms with Gasteiger partial charge in [0.1, 0.15) is 0 Å². The van der Waals surface area contributed by atoms with Crippen molar-refractivity contribution in [2.75, 3.05) is 13.1 Å². The summed E-state index contributed by atoms with van der Waals surface area (Å²) in [5.41, 5.74) is 5.48. The van der Waals surface area contributed by atoms with Gasteiger partial charge >= 0.3 is 0 Å². The largest absolute Gasteiger partial charge is 0.329 e. The maximum Gasteiger partial charge on any atom is 0.215 e. The SMILES string of the molecule is CCC(CN)S(=O)(=O)NCCC1CCC(C)CC1. The van der Waals surface area contributed by atoms with Crippen molar-refractivity contribution in [1.82, 2.24) is 4.72 Å². The molecule has 1 rings (SSSR count). The highest BCUT2D eigenvalue weighted by molar-refractivity contribution is 7.90. The Labute approximate surface area is 112 Å². The standard InChI is InChI=1S/C13H28N2O2S/c1-3-13(10-14)18(16,17)15-9-8-12-6-4-11(2)5-7-12/h11-13,15H,3-10,14H2,1-2H3. The van der Waals surface area contributed by atoms with E-state index in [4.69, 9.17) is 5.73 Å². The van der Waals surface area contributed by atoms with Gasteiger partial charge in [-0.25, -0.2) is 13.1 Å². The van der Waals surface area contributed by atoms with Gasteiger partial charge < -0.3 is 5.73 Å². The van der Waals surface area contributed by atoms with Gasteiger partial charge in [-0.05, 0) is 24.7 Å². The third-order valence-electron chi connectivity index (χ3n) is 4.15. The minimum Gasteiger partial charge on any atom is -0.329 e. The third kappa shape index (κ3) is 4.86. The molecule has 4 nitrogen and oxygen atoms in total. The van der Waals surface area contributed by atoms with E-state index in [-0.39, 0.29) is 6.54 Å². The van der Waals surface area contributed by atoms with Crippen molar-refractivity contribution in [2.45, 2.75) is 57.6 Å². The zero-order valence-corrected chi connectivity index (χ0v) is 12.5. The summed E-state index contributed by atoms with van der Waals surface area (Å²) in [7, 11) is -3.21. The van der Waals surface area contributed by atoms with Gasteiger partial charge in [0.25, 0.3) is 0 Å². The van der Waals surface area contributed by atoms with Crippen molar-refractivity contribution in [3.05, 3.63) is 0 Å². The average Bonchev–Trinajstić information content (AvgIpc) is 2.32. The molecule has 1 atom stereocenters. The number of sulfonamides is 1. The van der Waals surface area contributed by atoms with Crippen molar-refractivity contribution >= 4 is 10.0 Å². The molecule has 1 unspecified atom stereocenters. The molecular weight excluding hydrogens is 248 g/mol. The summed E-state index contributed by atoms with van der Waals surface area (Å²) in [6.07, 6.45) is 6.61. The van der Waals surface area contributed by atoms with Gasteiger partial charge in [0.2, 0.25) is 10.0 Å². The molecule has 3 N–H and O–H groups in total. The van der Waals surface area contributed by atoms with Crippen LogP contribution in [0, 0.1) is 11.8 Å². The van der Waals surface area contributed by atoms with Crippen molar-refractivity contribution in [3.63, 3.8) is 0 Å². The van der Waals surface area contributed by atoms with Crippen LogP contribution in [0.1, 0.15) is 52.4 Å². The minimum absolute atomic E-state index is 0.201. The molecule has 1 saturated carbocycles. The van der Waals surface area contributed by atoms with Crippen LogP contribution in [0.4, 0.5) is 0 Å². The Balaban J connectivity index is 2.28. The fourth-order valence-electron chi connectivity index (χ4n) is 2.65. The first-order valence-electron chi connectivity index (χ1n) is 7.18. The number of hydrogen-bond acceptors (Lipinski definition) is 3. The van der Waals surface area contributed by atoms with Gasteiger partial charge in [0.05, 0.1) is 5.25 Å². The molecule has 0 heterocycles. The molecule has 0 bridgehead atoms. The predicted molar refractivity (Wildman–Crippen MR) is 75.8 cm³/mol. The van der Waals surface area contributed by atoms with Gasteiger partial charge in [-0.1, -0.05) is 39.5 Å². The zero-order valence-electron chi connectivity index (χ0n) is 11.7. The van der Waals surface area contributed by atoms with E-state index < -0.39 is 15.3 Å². The Bertz CT molecular complexity index is 318. The lowest BCUT2D eigenvalue weighted by Gasteiger charge is -2.26. The highest BCUT2D eigenvalue weighted by Crippen LogP contribution is 2.29. The minimum atomic E-state index is -3.21. The average molecular weight is 276 g/mol. The fraction of sp³-hybridized carbons (Fsp3) is 1.00. The summed E-state index contributed by atoms with van der Waals surface area (Å²) in [6.45, 7) is 4.93. The lowest BCUT2D eigenvalue weighted by Crippen LogP contribution is -2.39. The molecule has 0 amide bonds. The summed E-state index contributed by atoms with van der Waals surface area (Å²) in [5.74, 6) is 1.54. The molecule has 0 aromatic carbocycles. The fourth-order valence-corrected chi connectivity index (χ4v) is 3.98. The van der Waals surface area contributed by atoms with Crippen molar-refractivity contribution < 1.29 is 8.42 Å². The topological polar surface area (TPSA) is 72.2 Å². The second-order valence-corrected chi connectivity index (χ2v) is 7.67. The van der Waals surface area contributed by atoms with E-state index in [0.717, 1.165) is 12.3 Å². The summed E-state index contributed by atoms with van der Waals surface area (Å²) >= 11 is 0. The highest BCUT2D eigenvalue weighted by atomic mass is 32.2. The molecule has 0 saturated heterocycles. The monoisotopic (exact) mass is 276 g/mol. The lowest BCUT2D eigenvalue weighted by molar-refractivity contribution is 0.278. The Morgan fingerprint density at radius 2 is 1.89 bits per heavy atom. The van der Waals surface area contributed by atoms with E-state index in [1.165, 1.54) is 25.7 Å². The van der Waals surface area contributed by atoms with Gasteiger partial charge in [-0.2, -0.15) is 0 Å². The van der Waals surface area contributed by atoms with Crippen molar-refractivity contribution in [2.24, 2.45) is 17.6 Å². The maximum atomic E-state index is 11.9. The molecular formula is C13H28N2O2S. The van der Waals surface area contributed by atoms with Gasteiger partial charge in [-0.15, -0.1) is 0 Å². The van der Waals surface area contributed by atoms with Crippen molar-refractivity contribution in [1.29, 1.82) is 0 Å². The van der Waals surface area contributed by atoms with Gasteiger partial charge in [0.15, 0.2) is 0 Å². The molecule has 0 aromatic heterocycles. The van der Waals surface area contributed by atoms with Crippen LogP contribution in [0.25, 0.3) is 0 Å². The van der Waals surface area contributed by atoms with Gasteiger partial charge in [0, 0.05) is 13.1 Å². The molecule has 1 fully saturated rings. The van der Waals surface area contributed by atoms with E-state index in [9.17, 15) is 8.42 Å². The van der Waals surface area contributed by atoms with E-state index in [1.807, 2.05) is 6.92 Å². The Morgan fingerprint density at radius 3 is 2.39 bits per heavy atom. The molecule has 108 valence electrons. The number of nitrogens with one attached hydrogen (secondary N) is 1. The molecule has 0 radical (unpaired) electrons. The first-order valence-corrected chi connectivity index (χ1v) is 8.72. The number of hydrogen-bond donors (Lipinski definition) is 2. The van der Waals surface area contributed by atoms with Crippen LogP contribution in [0.2, 0.25) is 0 Å². The van der Waals surface area contributed by atoms with Crippen LogP contribution in [0.15, 0.2) is 0 Å². The predicted octanol–water partition coefficient (Wildman–Crippen LogP) is 1.86. The first-order chi connectivity index (χ1) is 8.49. The smallest absolute Gasteiger partial charge is 0.215 e. The van der Waals surface area contributed by atoms with Crippen LogP contribution in [0.5, 0.6) is 0 Å². The van der Waals surface area contributed by atoms with Crippen LogP contribution in [0.3, 0.4) is 0 Å². The normalized spacial score (nSPS) is 27.1. The summed E-state index contributed by atoms with van der Waals surface area (Å²) < 4.78 is 26.5. The van der Waals surface area contributed by atoms with E-state index in [1.54, 1.807) is 0 Å². The first kappa shape index (κ1) is 15.9. The zero-order chi connectivity index (χ0) is 13.6. The Hall–Kier alpha value is -0.130. The molecule has 0 aromatic rings. The van der Waals surface area contributed by atoms with Crippen LogP contribution < -0.4 is 10.5 Å². The molecule has 0 spiro atoms. The van der Waals surface area contributed by atoms with E-state index in [2.05, 4.69) is 11.6 Å². The maximum absolute atomic E-state index is 11.9. The Kier molecular flexibility index (Phi) is 6.60. The van der Waals surface area contributed by atoms with E-state index in [0.29, 0.717) is 18.9 Å². The second kappa shape index (κ2) is 7.46. The molecule has 5 heteroatoms.